The first kappa shape index (κ1) is 12.3. The summed E-state index contributed by atoms with van der Waals surface area (Å²) < 4.78 is 0. The van der Waals surface area contributed by atoms with Crippen molar-refractivity contribution in [2.45, 2.75) is 12.8 Å². The van der Waals surface area contributed by atoms with Crippen LogP contribution in [-0.4, -0.2) is 34.8 Å². The molecule has 0 aromatic carbocycles. The van der Waals surface area contributed by atoms with Crippen LogP contribution in [0.15, 0.2) is 18.3 Å². The third kappa shape index (κ3) is 2.92. The molecule has 5 heteroatoms. The van der Waals surface area contributed by atoms with Crippen molar-refractivity contribution in [3.63, 3.8) is 0 Å². The molecule has 0 radical (unpaired) electrons. The van der Waals surface area contributed by atoms with Gasteiger partial charge in [-0.1, -0.05) is 12.2 Å². The van der Waals surface area contributed by atoms with E-state index in [1.54, 1.807) is 6.20 Å². The van der Waals surface area contributed by atoms with Gasteiger partial charge in [-0.2, -0.15) is 0 Å². The fourth-order valence-corrected chi connectivity index (χ4v) is 2.18. The molecule has 2 rings (SSSR count). The highest BCUT2D eigenvalue weighted by Gasteiger charge is 2.19. The maximum Gasteiger partial charge on any atom is 0.128 e. The maximum atomic E-state index is 9.08. The Morgan fingerprint density at radius 2 is 2.18 bits per heavy atom. The molecule has 0 unspecified atom stereocenters. The van der Waals surface area contributed by atoms with Gasteiger partial charge in [-0.3, -0.25) is 0 Å². The Kier molecular flexibility index (Phi) is 3.91. The number of nitrogens with zero attached hydrogens (tertiary/aromatic N) is 2. The zero-order valence-electron chi connectivity index (χ0n) is 9.67. The minimum absolute atomic E-state index is 0.293. The Morgan fingerprint density at radius 3 is 2.65 bits per heavy atom. The standard InChI is InChI=1S/C12H17N3OS/c13-12(17)10-1-2-11(14-7-10)15-5-3-9(8-16)4-6-15/h1-2,7,9,16H,3-6,8H2,(H2,13,17). The molecular formula is C12H17N3OS. The normalized spacial score (nSPS) is 17.1. The summed E-state index contributed by atoms with van der Waals surface area (Å²) in [5.41, 5.74) is 6.33. The van der Waals surface area contributed by atoms with Crippen molar-refractivity contribution < 1.29 is 5.11 Å². The number of aliphatic hydroxyl groups is 1. The van der Waals surface area contributed by atoms with Crippen LogP contribution in [0.1, 0.15) is 18.4 Å². The third-order valence-electron chi connectivity index (χ3n) is 3.23. The Balaban J connectivity index is 2.01. The summed E-state index contributed by atoms with van der Waals surface area (Å²) in [6.07, 6.45) is 3.76. The third-order valence-corrected chi connectivity index (χ3v) is 3.46. The average molecular weight is 251 g/mol. The van der Waals surface area contributed by atoms with Crippen LogP contribution in [0.2, 0.25) is 0 Å². The number of thiocarbonyl (C=S) groups is 1. The molecule has 17 heavy (non-hydrogen) atoms. The first-order valence-corrected chi connectivity index (χ1v) is 6.23. The van der Waals surface area contributed by atoms with E-state index in [0.717, 1.165) is 37.3 Å². The van der Waals surface area contributed by atoms with Gasteiger partial charge in [0.25, 0.3) is 0 Å². The highest BCUT2D eigenvalue weighted by Crippen LogP contribution is 2.21. The number of aromatic nitrogens is 1. The lowest BCUT2D eigenvalue weighted by atomic mass is 9.98. The second-order valence-electron chi connectivity index (χ2n) is 4.38. The van der Waals surface area contributed by atoms with E-state index in [-0.39, 0.29) is 0 Å². The summed E-state index contributed by atoms with van der Waals surface area (Å²) in [4.78, 5) is 6.98. The van der Waals surface area contributed by atoms with Crippen molar-refractivity contribution in [2.75, 3.05) is 24.6 Å². The van der Waals surface area contributed by atoms with E-state index in [1.807, 2.05) is 12.1 Å². The molecule has 92 valence electrons. The second-order valence-corrected chi connectivity index (χ2v) is 4.82. The zero-order chi connectivity index (χ0) is 12.3. The topological polar surface area (TPSA) is 62.4 Å². The van der Waals surface area contributed by atoms with E-state index in [0.29, 0.717) is 17.5 Å². The molecule has 1 aliphatic heterocycles. The molecule has 0 atom stereocenters. The highest BCUT2D eigenvalue weighted by atomic mass is 32.1. The summed E-state index contributed by atoms with van der Waals surface area (Å²) in [5, 5.41) is 9.08. The molecule has 0 aliphatic carbocycles. The van der Waals surface area contributed by atoms with Gasteiger partial charge >= 0.3 is 0 Å². The number of rotatable bonds is 3. The lowest BCUT2D eigenvalue weighted by Crippen LogP contribution is -2.35. The highest BCUT2D eigenvalue weighted by molar-refractivity contribution is 7.80. The first-order chi connectivity index (χ1) is 8.20. The summed E-state index contributed by atoms with van der Waals surface area (Å²) >= 11 is 4.89. The number of hydrogen-bond acceptors (Lipinski definition) is 4. The van der Waals surface area contributed by atoms with E-state index >= 15 is 0 Å². The number of pyridine rings is 1. The molecule has 3 N–H and O–H groups in total. The van der Waals surface area contributed by atoms with E-state index < -0.39 is 0 Å². The van der Waals surface area contributed by atoms with E-state index in [9.17, 15) is 0 Å². The largest absolute Gasteiger partial charge is 0.396 e. The van der Waals surface area contributed by atoms with Crippen molar-refractivity contribution >= 4 is 23.0 Å². The van der Waals surface area contributed by atoms with E-state index in [1.165, 1.54) is 0 Å². The van der Waals surface area contributed by atoms with Gasteiger partial charge in [0.1, 0.15) is 10.8 Å². The fraction of sp³-hybridized carbons (Fsp3) is 0.500. The predicted molar refractivity (Wildman–Crippen MR) is 72.1 cm³/mol. The summed E-state index contributed by atoms with van der Waals surface area (Å²) in [7, 11) is 0. The van der Waals surface area contributed by atoms with Crippen molar-refractivity contribution in [3.8, 4) is 0 Å². The molecule has 0 saturated carbocycles. The lowest BCUT2D eigenvalue weighted by Gasteiger charge is -2.31. The number of hydrogen-bond donors (Lipinski definition) is 2. The van der Waals surface area contributed by atoms with Crippen LogP contribution in [0.5, 0.6) is 0 Å². The van der Waals surface area contributed by atoms with Crippen molar-refractivity contribution in [1.82, 2.24) is 4.98 Å². The van der Waals surface area contributed by atoms with Crippen LogP contribution in [0, 0.1) is 5.92 Å². The van der Waals surface area contributed by atoms with Crippen molar-refractivity contribution in [1.29, 1.82) is 0 Å². The van der Waals surface area contributed by atoms with Crippen LogP contribution in [0.3, 0.4) is 0 Å². The van der Waals surface area contributed by atoms with E-state index in [4.69, 9.17) is 23.1 Å². The van der Waals surface area contributed by atoms with Crippen LogP contribution in [0.4, 0.5) is 5.82 Å². The summed E-state index contributed by atoms with van der Waals surface area (Å²) in [5.74, 6) is 1.41. The predicted octanol–water partition coefficient (Wildman–Crippen LogP) is 0.925. The Labute approximate surface area is 106 Å². The molecule has 4 nitrogen and oxygen atoms in total. The van der Waals surface area contributed by atoms with Crippen LogP contribution < -0.4 is 10.6 Å². The van der Waals surface area contributed by atoms with Crippen molar-refractivity contribution in [2.24, 2.45) is 11.7 Å². The molecule has 1 saturated heterocycles. The van der Waals surface area contributed by atoms with Crippen molar-refractivity contribution in [3.05, 3.63) is 23.9 Å². The molecule has 0 amide bonds. The number of aliphatic hydroxyl groups excluding tert-OH is 1. The average Bonchev–Trinajstić information content (AvgIpc) is 2.39. The van der Waals surface area contributed by atoms with Gasteiger partial charge in [-0.05, 0) is 30.9 Å². The Bertz CT molecular complexity index is 385. The Morgan fingerprint density at radius 1 is 1.47 bits per heavy atom. The second kappa shape index (κ2) is 5.42. The van der Waals surface area contributed by atoms with E-state index in [2.05, 4.69) is 9.88 Å². The quantitative estimate of drug-likeness (QED) is 0.782. The van der Waals surface area contributed by atoms with Crippen LogP contribution >= 0.6 is 12.2 Å². The lowest BCUT2D eigenvalue weighted by molar-refractivity contribution is 0.203. The smallest absolute Gasteiger partial charge is 0.128 e. The first-order valence-electron chi connectivity index (χ1n) is 5.82. The molecule has 1 aromatic rings. The fourth-order valence-electron chi connectivity index (χ4n) is 2.06. The molecule has 0 bridgehead atoms. The van der Waals surface area contributed by atoms with Crippen LogP contribution in [0.25, 0.3) is 0 Å². The molecular weight excluding hydrogens is 234 g/mol. The van der Waals surface area contributed by atoms with Gasteiger partial charge in [-0.15, -0.1) is 0 Å². The Hall–Kier alpha value is -1.20. The molecule has 1 aromatic heterocycles. The van der Waals surface area contributed by atoms with Gasteiger partial charge in [0.2, 0.25) is 0 Å². The number of nitrogens with two attached hydrogens (primary N) is 1. The molecule has 1 fully saturated rings. The van der Waals surface area contributed by atoms with Crippen LogP contribution in [-0.2, 0) is 0 Å². The molecule has 0 spiro atoms. The monoisotopic (exact) mass is 251 g/mol. The molecule has 1 aliphatic rings. The maximum absolute atomic E-state index is 9.08. The minimum Gasteiger partial charge on any atom is -0.396 e. The SMILES string of the molecule is NC(=S)c1ccc(N2CCC(CO)CC2)nc1. The minimum atomic E-state index is 0.293. The van der Waals surface area contributed by atoms with Gasteiger partial charge in [0, 0.05) is 31.5 Å². The molecule has 2 heterocycles. The summed E-state index contributed by atoms with van der Waals surface area (Å²) in [6, 6.07) is 3.86. The zero-order valence-corrected chi connectivity index (χ0v) is 10.5. The van der Waals surface area contributed by atoms with Gasteiger partial charge in [0.05, 0.1) is 0 Å². The van der Waals surface area contributed by atoms with Gasteiger partial charge in [-0.25, -0.2) is 4.98 Å². The van der Waals surface area contributed by atoms with Gasteiger partial charge < -0.3 is 15.7 Å². The van der Waals surface area contributed by atoms with Gasteiger partial charge in [0.15, 0.2) is 0 Å². The summed E-state index contributed by atoms with van der Waals surface area (Å²) in [6.45, 7) is 2.19. The number of piperidine rings is 1. The number of anilines is 1.